The number of hydrogen-bond acceptors (Lipinski definition) is 4. The van der Waals surface area contributed by atoms with Crippen LogP contribution in [0.2, 0.25) is 0 Å². The Morgan fingerprint density at radius 3 is 2.05 bits per heavy atom. The summed E-state index contributed by atoms with van der Waals surface area (Å²) in [6.45, 7) is 0.897. The van der Waals surface area contributed by atoms with Gasteiger partial charge in [-0.2, -0.15) is 0 Å². The molecule has 1 saturated heterocycles. The van der Waals surface area contributed by atoms with E-state index in [9.17, 15) is 14.7 Å². The Labute approximate surface area is 119 Å². The van der Waals surface area contributed by atoms with Crippen LogP contribution in [0.4, 0.5) is 0 Å². The van der Waals surface area contributed by atoms with Gasteiger partial charge in [0.25, 0.3) is 0 Å². The van der Waals surface area contributed by atoms with Crippen molar-refractivity contribution in [2.75, 3.05) is 13.2 Å². The van der Waals surface area contributed by atoms with Crippen molar-refractivity contribution in [3.63, 3.8) is 0 Å². The molecule has 6 heteroatoms. The minimum Gasteiger partial charge on any atom is -0.480 e. The van der Waals surface area contributed by atoms with Crippen molar-refractivity contribution >= 4 is 11.9 Å². The lowest BCUT2D eigenvalue weighted by Gasteiger charge is -2.37. The molecule has 114 valence electrons. The van der Waals surface area contributed by atoms with Crippen LogP contribution in [0.3, 0.4) is 0 Å². The summed E-state index contributed by atoms with van der Waals surface area (Å²) >= 11 is 0. The third-order valence-electron chi connectivity index (χ3n) is 4.56. The maximum atomic E-state index is 12.5. The van der Waals surface area contributed by atoms with Crippen molar-refractivity contribution in [3.05, 3.63) is 0 Å². The molecular weight excluding hydrogens is 260 g/mol. The van der Waals surface area contributed by atoms with E-state index in [1.807, 2.05) is 0 Å². The van der Waals surface area contributed by atoms with E-state index in [1.54, 1.807) is 0 Å². The molecule has 0 aromatic heterocycles. The van der Waals surface area contributed by atoms with Gasteiger partial charge in [0.15, 0.2) is 0 Å². The fourth-order valence-corrected chi connectivity index (χ4v) is 3.03. The molecule has 0 aromatic carbocycles. The van der Waals surface area contributed by atoms with Gasteiger partial charge in [0, 0.05) is 13.2 Å². The van der Waals surface area contributed by atoms with Gasteiger partial charge in [0.1, 0.15) is 5.54 Å². The lowest BCUT2D eigenvalue weighted by atomic mass is 9.85. The number of carbonyl (C=O) groups excluding carboxylic acids is 1. The molecule has 2 aliphatic rings. The Morgan fingerprint density at radius 2 is 1.55 bits per heavy atom. The third kappa shape index (κ3) is 3.12. The van der Waals surface area contributed by atoms with E-state index < -0.39 is 17.0 Å². The van der Waals surface area contributed by atoms with Gasteiger partial charge < -0.3 is 20.9 Å². The van der Waals surface area contributed by atoms with Crippen molar-refractivity contribution in [3.8, 4) is 0 Å². The first-order valence-electron chi connectivity index (χ1n) is 7.41. The lowest BCUT2D eigenvalue weighted by Crippen LogP contribution is -2.64. The summed E-state index contributed by atoms with van der Waals surface area (Å²) in [7, 11) is 0. The van der Waals surface area contributed by atoms with Crippen molar-refractivity contribution in [2.45, 2.75) is 62.4 Å². The molecule has 2 fully saturated rings. The smallest absolute Gasteiger partial charge is 0.329 e. The Hall–Kier alpha value is -1.14. The number of carboxylic acid groups (broad SMARTS) is 1. The summed E-state index contributed by atoms with van der Waals surface area (Å²) in [5.41, 5.74) is 4.00. The third-order valence-corrected chi connectivity index (χ3v) is 4.56. The van der Waals surface area contributed by atoms with Crippen molar-refractivity contribution in [1.29, 1.82) is 0 Å². The Kier molecular flexibility index (Phi) is 4.65. The first-order chi connectivity index (χ1) is 9.49. The largest absolute Gasteiger partial charge is 0.480 e. The van der Waals surface area contributed by atoms with Crippen LogP contribution in [0, 0.1) is 0 Å². The molecule has 1 aliphatic carbocycles. The Balaban J connectivity index is 2.11. The molecule has 1 heterocycles. The molecule has 1 aliphatic heterocycles. The summed E-state index contributed by atoms with van der Waals surface area (Å²) in [6, 6.07) is 0. The predicted octanol–water partition coefficient (Wildman–Crippen LogP) is 0.788. The molecule has 0 atom stereocenters. The first-order valence-corrected chi connectivity index (χ1v) is 7.41. The maximum absolute atomic E-state index is 12.5. The van der Waals surface area contributed by atoms with Gasteiger partial charge in [0.05, 0.1) is 5.54 Å². The minimum atomic E-state index is -1.14. The van der Waals surface area contributed by atoms with E-state index in [0.29, 0.717) is 38.9 Å². The molecule has 0 aromatic rings. The van der Waals surface area contributed by atoms with E-state index in [0.717, 1.165) is 25.7 Å². The topological polar surface area (TPSA) is 102 Å². The quantitative estimate of drug-likeness (QED) is 0.665. The van der Waals surface area contributed by atoms with Gasteiger partial charge in [0.2, 0.25) is 5.91 Å². The molecule has 0 unspecified atom stereocenters. The predicted molar refractivity (Wildman–Crippen MR) is 73.2 cm³/mol. The summed E-state index contributed by atoms with van der Waals surface area (Å²) in [5.74, 6) is -1.28. The van der Waals surface area contributed by atoms with E-state index in [1.165, 1.54) is 0 Å². The van der Waals surface area contributed by atoms with Gasteiger partial charge >= 0.3 is 5.97 Å². The lowest BCUT2D eigenvalue weighted by molar-refractivity contribution is -0.150. The number of nitrogens with one attached hydrogen (secondary N) is 1. The van der Waals surface area contributed by atoms with Gasteiger partial charge in [-0.3, -0.25) is 4.79 Å². The summed E-state index contributed by atoms with van der Waals surface area (Å²) in [5, 5.41) is 12.3. The molecule has 0 spiro atoms. The normalized spacial score (nSPS) is 25.4. The van der Waals surface area contributed by atoms with E-state index in [-0.39, 0.29) is 5.91 Å². The SMILES string of the molecule is NC1(C(=O)NC2(C(=O)O)CCCCCC2)CCOCC1. The molecule has 1 amide bonds. The second kappa shape index (κ2) is 6.10. The number of aliphatic carboxylic acids is 1. The molecule has 6 nitrogen and oxygen atoms in total. The van der Waals surface area contributed by atoms with Crippen LogP contribution in [-0.2, 0) is 14.3 Å². The van der Waals surface area contributed by atoms with Crippen LogP contribution in [0.5, 0.6) is 0 Å². The highest BCUT2D eigenvalue weighted by atomic mass is 16.5. The monoisotopic (exact) mass is 284 g/mol. The standard InChI is InChI=1S/C14H24N2O4/c15-13(7-9-20-10-8-13)11(17)16-14(12(18)19)5-3-1-2-4-6-14/h1-10,15H2,(H,16,17)(H,18,19). The highest BCUT2D eigenvalue weighted by Gasteiger charge is 2.45. The first kappa shape index (κ1) is 15.3. The van der Waals surface area contributed by atoms with Gasteiger partial charge in [-0.25, -0.2) is 4.79 Å². The highest BCUT2D eigenvalue weighted by Crippen LogP contribution is 2.29. The molecule has 20 heavy (non-hydrogen) atoms. The molecule has 0 bridgehead atoms. The molecule has 2 rings (SSSR count). The summed E-state index contributed by atoms with van der Waals surface area (Å²) in [6.07, 6.45) is 5.55. The minimum absolute atomic E-state index is 0.342. The fraction of sp³-hybridized carbons (Fsp3) is 0.857. The highest BCUT2D eigenvalue weighted by molar-refractivity contribution is 5.92. The number of hydrogen-bond donors (Lipinski definition) is 3. The number of amides is 1. The fourth-order valence-electron chi connectivity index (χ4n) is 3.03. The van der Waals surface area contributed by atoms with Crippen LogP contribution in [0.1, 0.15) is 51.4 Å². The number of nitrogens with two attached hydrogens (primary N) is 1. The maximum Gasteiger partial charge on any atom is 0.329 e. The molecule has 4 N–H and O–H groups in total. The molecular formula is C14H24N2O4. The summed E-state index contributed by atoms with van der Waals surface area (Å²) < 4.78 is 5.22. The second-order valence-electron chi connectivity index (χ2n) is 6.02. The molecule has 0 radical (unpaired) electrons. The van der Waals surface area contributed by atoms with Crippen LogP contribution in [0.15, 0.2) is 0 Å². The average molecular weight is 284 g/mol. The van der Waals surface area contributed by atoms with Gasteiger partial charge in [-0.1, -0.05) is 25.7 Å². The summed E-state index contributed by atoms with van der Waals surface area (Å²) in [4.78, 5) is 24.1. The number of rotatable bonds is 3. The van der Waals surface area contributed by atoms with E-state index in [2.05, 4.69) is 5.32 Å². The van der Waals surface area contributed by atoms with Gasteiger partial charge in [-0.15, -0.1) is 0 Å². The van der Waals surface area contributed by atoms with Gasteiger partial charge in [-0.05, 0) is 25.7 Å². The van der Waals surface area contributed by atoms with Crippen LogP contribution >= 0.6 is 0 Å². The van der Waals surface area contributed by atoms with Crippen molar-refractivity contribution in [1.82, 2.24) is 5.32 Å². The van der Waals surface area contributed by atoms with E-state index in [4.69, 9.17) is 10.5 Å². The number of ether oxygens (including phenoxy) is 1. The zero-order valence-electron chi connectivity index (χ0n) is 11.8. The zero-order valence-corrected chi connectivity index (χ0v) is 11.8. The van der Waals surface area contributed by atoms with Crippen molar-refractivity contribution < 1.29 is 19.4 Å². The Morgan fingerprint density at radius 1 is 1.00 bits per heavy atom. The average Bonchev–Trinajstić information content (AvgIpc) is 2.66. The number of carbonyl (C=O) groups is 2. The van der Waals surface area contributed by atoms with Crippen LogP contribution < -0.4 is 11.1 Å². The van der Waals surface area contributed by atoms with Crippen LogP contribution in [-0.4, -0.2) is 41.3 Å². The van der Waals surface area contributed by atoms with E-state index >= 15 is 0 Å². The van der Waals surface area contributed by atoms with Crippen molar-refractivity contribution in [2.24, 2.45) is 5.73 Å². The number of carboxylic acids is 1. The Bertz CT molecular complexity index is 369. The van der Waals surface area contributed by atoms with Crippen LogP contribution in [0.25, 0.3) is 0 Å². The zero-order chi connectivity index (χ0) is 14.6. The second-order valence-corrected chi connectivity index (χ2v) is 6.02. The molecule has 1 saturated carbocycles.